The lowest BCUT2D eigenvalue weighted by Gasteiger charge is -2.24. The van der Waals surface area contributed by atoms with Crippen molar-refractivity contribution in [1.82, 2.24) is 4.31 Å². The zero-order chi connectivity index (χ0) is 12.9. The molecule has 1 aromatic carbocycles. The van der Waals surface area contributed by atoms with Gasteiger partial charge in [0.15, 0.2) is 0 Å². The standard InChI is InChI=1S/C12H16N2O2S/c1-11(2)14(10-6-9-13)17(15,16)12-7-4-3-5-8-12/h3-5,7-8,11H,6,10H2,1-2H3. The smallest absolute Gasteiger partial charge is 0.207 e. The van der Waals surface area contributed by atoms with Gasteiger partial charge < -0.3 is 0 Å². The van der Waals surface area contributed by atoms with E-state index in [9.17, 15) is 8.42 Å². The molecule has 0 saturated carbocycles. The summed E-state index contributed by atoms with van der Waals surface area (Å²) in [5, 5.41) is 8.56. The minimum Gasteiger partial charge on any atom is -0.207 e. The summed E-state index contributed by atoms with van der Waals surface area (Å²) < 4.78 is 25.9. The predicted molar refractivity (Wildman–Crippen MR) is 65.7 cm³/mol. The molecule has 0 aliphatic carbocycles. The van der Waals surface area contributed by atoms with Gasteiger partial charge in [0.2, 0.25) is 10.0 Å². The summed E-state index contributed by atoms with van der Waals surface area (Å²) in [5.74, 6) is 0. The van der Waals surface area contributed by atoms with Crippen molar-refractivity contribution in [2.75, 3.05) is 6.54 Å². The third-order valence-corrected chi connectivity index (χ3v) is 4.46. The second-order valence-electron chi connectivity index (χ2n) is 3.93. The molecule has 0 unspecified atom stereocenters. The molecule has 0 saturated heterocycles. The fourth-order valence-electron chi connectivity index (χ4n) is 1.54. The quantitative estimate of drug-likeness (QED) is 0.805. The molecule has 0 fully saturated rings. The zero-order valence-electron chi connectivity index (χ0n) is 10.00. The van der Waals surface area contributed by atoms with Crippen molar-refractivity contribution in [3.63, 3.8) is 0 Å². The third kappa shape index (κ3) is 3.29. The minimum atomic E-state index is -3.49. The Bertz CT molecular complexity index is 489. The Labute approximate surface area is 103 Å². The minimum absolute atomic E-state index is 0.159. The molecule has 92 valence electrons. The van der Waals surface area contributed by atoms with Gasteiger partial charge in [-0.15, -0.1) is 0 Å². The molecule has 1 rings (SSSR count). The number of hydrogen-bond acceptors (Lipinski definition) is 3. The van der Waals surface area contributed by atoms with E-state index < -0.39 is 10.0 Å². The number of nitrogens with zero attached hydrogens (tertiary/aromatic N) is 2. The lowest BCUT2D eigenvalue weighted by atomic mass is 10.3. The Kier molecular flexibility index (Phi) is 4.67. The van der Waals surface area contributed by atoms with Crippen LogP contribution >= 0.6 is 0 Å². The van der Waals surface area contributed by atoms with Gasteiger partial charge in [-0.25, -0.2) is 8.42 Å². The molecule has 0 bridgehead atoms. The van der Waals surface area contributed by atoms with E-state index >= 15 is 0 Å². The maximum Gasteiger partial charge on any atom is 0.243 e. The van der Waals surface area contributed by atoms with Crippen molar-refractivity contribution < 1.29 is 8.42 Å². The molecule has 0 heterocycles. The molecule has 0 aliphatic heterocycles. The highest BCUT2D eigenvalue weighted by molar-refractivity contribution is 7.89. The van der Waals surface area contributed by atoms with E-state index in [0.717, 1.165) is 0 Å². The van der Waals surface area contributed by atoms with Gasteiger partial charge in [-0.05, 0) is 26.0 Å². The van der Waals surface area contributed by atoms with Gasteiger partial charge in [0.05, 0.1) is 11.0 Å². The van der Waals surface area contributed by atoms with E-state index in [4.69, 9.17) is 5.26 Å². The summed E-state index contributed by atoms with van der Waals surface area (Å²) in [5.41, 5.74) is 0. The number of nitriles is 1. The van der Waals surface area contributed by atoms with Gasteiger partial charge in [-0.2, -0.15) is 9.57 Å². The van der Waals surface area contributed by atoms with Crippen molar-refractivity contribution in [1.29, 1.82) is 5.26 Å². The van der Waals surface area contributed by atoms with Gasteiger partial charge in [0.1, 0.15) is 0 Å². The number of hydrogen-bond donors (Lipinski definition) is 0. The van der Waals surface area contributed by atoms with Crippen LogP contribution in [0.3, 0.4) is 0 Å². The lowest BCUT2D eigenvalue weighted by Crippen LogP contribution is -2.37. The molecule has 0 spiro atoms. The van der Waals surface area contributed by atoms with Crippen LogP contribution in [0.2, 0.25) is 0 Å². The molecule has 0 atom stereocenters. The summed E-state index contributed by atoms with van der Waals surface area (Å²) in [6.07, 6.45) is 0.199. The van der Waals surface area contributed by atoms with Gasteiger partial charge in [0.25, 0.3) is 0 Å². The monoisotopic (exact) mass is 252 g/mol. The first kappa shape index (κ1) is 13.7. The molecule has 5 heteroatoms. The Morgan fingerprint density at radius 1 is 1.29 bits per heavy atom. The zero-order valence-corrected chi connectivity index (χ0v) is 10.8. The Morgan fingerprint density at radius 3 is 2.35 bits per heavy atom. The topological polar surface area (TPSA) is 61.2 Å². The summed E-state index contributed by atoms with van der Waals surface area (Å²) in [6, 6.07) is 10.1. The van der Waals surface area contributed by atoms with E-state index in [-0.39, 0.29) is 23.9 Å². The lowest BCUT2D eigenvalue weighted by molar-refractivity contribution is 0.360. The summed E-state index contributed by atoms with van der Waals surface area (Å²) in [7, 11) is -3.49. The highest BCUT2D eigenvalue weighted by Gasteiger charge is 2.26. The van der Waals surface area contributed by atoms with Crippen molar-refractivity contribution in [2.45, 2.75) is 31.2 Å². The van der Waals surface area contributed by atoms with E-state index in [1.807, 2.05) is 6.07 Å². The normalized spacial score (nSPS) is 11.7. The highest BCUT2D eigenvalue weighted by atomic mass is 32.2. The molecule has 17 heavy (non-hydrogen) atoms. The molecular formula is C12H16N2O2S. The Morgan fingerprint density at radius 2 is 1.88 bits per heavy atom. The largest absolute Gasteiger partial charge is 0.243 e. The second kappa shape index (κ2) is 5.80. The van der Waals surface area contributed by atoms with Crippen LogP contribution in [0.4, 0.5) is 0 Å². The first-order chi connectivity index (χ1) is 8.00. The van der Waals surface area contributed by atoms with Crippen molar-refractivity contribution in [2.24, 2.45) is 0 Å². The van der Waals surface area contributed by atoms with Crippen LogP contribution in [-0.4, -0.2) is 25.3 Å². The molecule has 0 N–H and O–H groups in total. The van der Waals surface area contributed by atoms with Crippen molar-refractivity contribution >= 4 is 10.0 Å². The maximum absolute atomic E-state index is 12.3. The van der Waals surface area contributed by atoms with E-state index in [0.29, 0.717) is 0 Å². The molecule has 4 nitrogen and oxygen atoms in total. The Balaban J connectivity index is 3.06. The van der Waals surface area contributed by atoms with Crippen LogP contribution in [0, 0.1) is 11.3 Å². The predicted octanol–water partition coefficient (Wildman–Crippen LogP) is 2.00. The molecule has 1 aromatic rings. The van der Waals surface area contributed by atoms with Gasteiger partial charge in [-0.3, -0.25) is 0 Å². The molecule has 0 aliphatic rings. The SMILES string of the molecule is CC(C)N(CCC#N)S(=O)(=O)c1ccccc1. The van der Waals surface area contributed by atoms with E-state index in [2.05, 4.69) is 0 Å². The average Bonchev–Trinajstić information content (AvgIpc) is 2.30. The van der Waals surface area contributed by atoms with Crippen LogP contribution in [0.1, 0.15) is 20.3 Å². The fraction of sp³-hybridized carbons (Fsp3) is 0.417. The van der Waals surface area contributed by atoms with Crippen LogP contribution in [-0.2, 0) is 10.0 Å². The summed E-state index contributed by atoms with van der Waals surface area (Å²) >= 11 is 0. The van der Waals surface area contributed by atoms with Gasteiger partial charge in [-0.1, -0.05) is 18.2 Å². The van der Waals surface area contributed by atoms with Gasteiger partial charge in [0, 0.05) is 19.0 Å². The molecule has 0 amide bonds. The number of sulfonamides is 1. The fourth-order valence-corrected chi connectivity index (χ4v) is 3.20. The van der Waals surface area contributed by atoms with E-state index in [1.165, 1.54) is 4.31 Å². The number of rotatable bonds is 5. The first-order valence-electron chi connectivity index (χ1n) is 5.44. The molecular weight excluding hydrogens is 236 g/mol. The van der Waals surface area contributed by atoms with Crippen LogP contribution in [0.5, 0.6) is 0 Å². The number of benzene rings is 1. The van der Waals surface area contributed by atoms with Crippen LogP contribution in [0.25, 0.3) is 0 Å². The van der Waals surface area contributed by atoms with Crippen molar-refractivity contribution in [3.8, 4) is 6.07 Å². The highest BCUT2D eigenvalue weighted by Crippen LogP contribution is 2.17. The molecule has 0 radical (unpaired) electrons. The second-order valence-corrected chi connectivity index (χ2v) is 5.82. The molecule has 0 aromatic heterocycles. The van der Waals surface area contributed by atoms with Gasteiger partial charge >= 0.3 is 0 Å². The summed E-state index contributed by atoms with van der Waals surface area (Å²) in [4.78, 5) is 0.270. The summed E-state index contributed by atoms with van der Waals surface area (Å²) in [6.45, 7) is 3.83. The van der Waals surface area contributed by atoms with E-state index in [1.54, 1.807) is 44.2 Å². The maximum atomic E-state index is 12.3. The Hall–Kier alpha value is -1.38. The van der Waals surface area contributed by atoms with Crippen molar-refractivity contribution in [3.05, 3.63) is 30.3 Å². The first-order valence-corrected chi connectivity index (χ1v) is 6.88. The van der Waals surface area contributed by atoms with Crippen LogP contribution < -0.4 is 0 Å². The van der Waals surface area contributed by atoms with Crippen LogP contribution in [0.15, 0.2) is 35.2 Å². The third-order valence-electron chi connectivity index (χ3n) is 2.37. The average molecular weight is 252 g/mol.